The molecule has 0 spiro atoms. The van der Waals surface area contributed by atoms with Crippen LogP contribution in [0.1, 0.15) is 36.2 Å². The number of hydrogen-bond acceptors (Lipinski definition) is 4. The Bertz CT molecular complexity index is 966. The molecule has 2 aromatic rings. The number of nitrogens with one attached hydrogen (secondary N) is 1. The van der Waals surface area contributed by atoms with Gasteiger partial charge in [0.25, 0.3) is 0 Å². The number of halogens is 1. The first-order valence-corrected chi connectivity index (χ1v) is 11.2. The molecule has 1 amide bonds. The Morgan fingerprint density at radius 2 is 1.93 bits per heavy atom. The third-order valence-corrected chi connectivity index (χ3v) is 7.37. The van der Waals surface area contributed by atoms with Gasteiger partial charge in [-0.15, -0.1) is 0 Å². The molecule has 0 aliphatic carbocycles. The highest BCUT2D eigenvalue weighted by Crippen LogP contribution is 2.21. The van der Waals surface area contributed by atoms with Crippen LogP contribution < -0.4 is 5.32 Å². The van der Waals surface area contributed by atoms with Crippen molar-refractivity contribution in [2.24, 2.45) is 0 Å². The summed E-state index contributed by atoms with van der Waals surface area (Å²) in [6, 6.07) is 6.74. The summed E-state index contributed by atoms with van der Waals surface area (Å²) in [5.74, 6) is -0.216. The highest BCUT2D eigenvalue weighted by atomic mass is 35.5. The predicted octanol–water partition coefficient (Wildman–Crippen LogP) is 2.64. The maximum Gasteiger partial charge on any atom is 0.243 e. The Hall–Kier alpha value is -1.90. The minimum Gasteiger partial charge on any atom is -0.350 e. The fourth-order valence-corrected chi connectivity index (χ4v) is 5.02. The lowest BCUT2D eigenvalue weighted by molar-refractivity contribution is -0.122. The summed E-state index contributed by atoms with van der Waals surface area (Å²) in [6.45, 7) is 5.03. The van der Waals surface area contributed by atoms with Gasteiger partial charge in [-0.1, -0.05) is 30.2 Å². The number of piperidine rings is 1. The van der Waals surface area contributed by atoms with Crippen LogP contribution in [0.25, 0.3) is 0 Å². The van der Waals surface area contributed by atoms with Crippen molar-refractivity contribution in [2.45, 2.75) is 51.1 Å². The number of carbonyl (C=O) groups excluding carboxylic acids is 1. The van der Waals surface area contributed by atoms with Crippen molar-refractivity contribution < 1.29 is 13.2 Å². The minimum atomic E-state index is -3.49. The maximum absolute atomic E-state index is 12.8. The van der Waals surface area contributed by atoms with Crippen LogP contribution in [-0.2, 0) is 27.9 Å². The summed E-state index contributed by atoms with van der Waals surface area (Å²) in [7, 11) is -3.49. The van der Waals surface area contributed by atoms with E-state index in [0.29, 0.717) is 23.8 Å². The van der Waals surface area contributed by atoms with Crippen LogP contribution in [0.4, 0.5) is 0 Å². The number of carbonyl (C=O) groups is 1. The second kappa shape index (κ2) is 8.63. The van der Waals surface area contributed by atoms with Crippen LogP contribution in [0.3, 0.4) is 0 Å². The number of aromatic nitrogens is 2. The topological polar surface area (TPSA) is 84.3 Å². The third kappa shape index (κ3) is 4.56. The van der Waals surface area contributed by atoms with Gasteiger partial charge in [-0.25, -0.2) is 8.42 Å². The van der Waals surface area contributed by atoms with E-state index >= 15 is 0 Å². The van der Waals surface area contributed by atoms with Gasteiger partial charge in [0.2, 0.25) is 15.9 Å². The SMILES string of the molecule is Cc1nn(CC(=O)NCc2cccc(S(=O)(=O)N3CCCCC3)c2)c(C)c1Cl. The zero-order valence-electron chi connectivity index (χ0n) is 16.1. The maximum atomic E-state index is 12.8. The molecule has 1 saturated heterocycles. The van der Waals surface area contributed by atoms with Gasteiger partial charge in [0.05, 0.1) is 21.3 Å². The number of hydrogen-bond donors (Lipinski definition) is 1. The largest absolute Gasteiger partial charge is 0.350 e. The quantitative estimate of drug-likeness (QED) is 0.772. The van der Waals surface area contributed by atoms with Gasteiger partial charge >= 0.3 is 0 Å². The van der Waals surface area contributed by atoms with E-state index in [1.165, 1.54) is 0 Å². The molecule has 0 bridgehead atoms. The van der Waals surface area contributed by atoms with Crippen molar-refractivity contribution in [3.8, 4) is 0 Å². The molecule has 1 aromatic heterocycles. The van der Waals surface area contributed by atoms with E-state index in [-0.39, 0.29) is 23.9 Å². The van der Waals surface area contributed by atoms with E-state index in [4.69, 9.17) is 11.6 Å². The average molecular weight is 425 g/mol. The molecule has 3 rings (SSSR count). The molecule has 28 heavy (non-hydrogen) atoms. The van der Waals surface area contributed by atoms with Crippen molar-refractivity contribution >= 4 is 27.5 Å². The van der Waals surface area contributed by atoms with Crippen molar-refractivity contribution in [1.82, 2.24) is 19.4 Å². The predicted molar refractivity (Wildman–Crippen MR) is 108 cm³/mol. The number of sulfonamides is 1. The summed E-state index contributed by atoms with van der Waals surface area (Å²) in [6.07, 6.45) is 2.86. The first-order valence-electron chi connectivity index (χ1n) is 9.34. The Kier molecular flexibility index (Phi) is 6.42. The van der Waals surface area contributed by atoms with Gasteiger partial charge in [-0.3, -0.25) is 9.48 Å². The monoisotopic (exact) mass is 424 g/mol. The number of amides is 1. The van der Waals surface area contributed by atoms with Crippen molar-refractivity contribution in [3.63, 3.8) is 0 Å². The van der Waals surface area contributed by atoms with Gasteiger partial charge in [0.1, 0.15) is 6.54 Å². The van der Waals surface area contributed by atoms with E-state index in [9.17, 15) is 13.2 Å². The molecule has 2 heterocycles. The molecule has 1 aliphatic heterocycles. The standard InChI is InChI=1S/C19H25ClN4O3S/c1-14-19(20)15(2)24(22-14)13-18(25)21-12-16-7-6-8-17(11-16)28(26,27)23-9-4-3-5-10-23/h6-8,11H,3-5,9-10,12-13H2,1-2H3,(H,21,25). The molecule has 152 valence electrons. The average Bonchev–Trinajstić information content (AvgIpc) is 2.94. The Balaban J connectivity index is 1.64. The molecule has 1 fully saturated rings. The van der Waals surface area contributed by atoms with Crippen LogP contribution >= 0.6 is 11.6 Å². The van der Waals surface area contributed by atoms with E-state index < -0.39 is 10.0 Å². The molecule has 0 radical (unpaired) electrons. The molecule has 1 aliphatic rings. The van der Waals surface area contributed by atoms with Gasteiger partial charge < -0.3 is 5.32 Å². The van der Waals surface area contributed by atoms with Crippen LogP contribution in [0.15, 0.2) is 29.2 Å². The molecular weight excluding hydrogens is 400 g/mol. The molecular formula is C19H25ClN4O3S. The first kappa shape index (κ1) is 20.8. The number of rotatable bonds is 6. The zero-order chi connectivity index (χ0) is 20.3. The van der Waals surface area contributed by atoms with Gasteiger partial charge in [-0.05, 0) is 44.4 Å². The molecule has 0 saturated carbocycles. The summed E-state index contributed by atoms with van der Waals surface area (Å²) in [5, 5.41) is 7.61. The molecule has 1 aromatic carbocycles. The van der Waals surface area contributed by atoms with Gasteiger partial charge in [0, 0.05) is 19.6 Å². The van der Waals surface area contributed by atoms with Gasteiger partial charge in [-0.2, -0.15) is 9.40 Å². The fraction of sp³-hybridized carbons (Fsp3) is 0.474. The lowest BCUT2D eigenvalue weighted by Gasteiger charge is -2.26. The van der Waals surface area contributed by atoms with E-state index in [1.54, 1.807) is 40.2 Å². The second-order valence-electron chi connectivity index (χ2n) is 7.03. The van der Waals surface area contributed by atoms with E-state index in [1.807, 2.05) is 6.92 Å². The lowest BCUT2D eigenvalue weighted by Crippen LogP contribution is -2.35. The number of aryl methyl sites for hydroxylation is 1. The van der Waals surface area contributed by atoms with Crippen LogP contribution in [0.2, 0.25) is 5.02 Å². The van der Waals surface area contributed by atoms with E-state index in [2.05, 4.69) is 10.4 Å². The Morgan fingerprint density at radius 1 is 1.21 bits per heavy atom. The van der Waals surface area contributed by atoms with E-state index in [0.717, 1.165) is 30.5 Å². The molecule has 7 nitrogen and oxygen atoms in total. The number of benzene rings is 1. The molecule has 0 atom stereocenters. The molecule has 9 heteroatoms. The first-order chi connectivity index (χ1) is 13.3. The zero-order valence-corrected chi connectivity index (χ0v) is 17.7. The fourth-order valence-electron chi connectivity index (χ4n) is 3.29. The highest BCUT2D eigenvalue weighted by molar-refractivity contribution is 7.89. The Morgan fingerprint density at radius 3 is 2.57 bits per heavy atom. The smallest absolute Gasteiger partial charge is 0.243 e. The third-order valence-electron chi connectivity index (χ3n) is 4.93. The summed E-state index contributed by atoms with van der Waals surface area (Å²) >= 11 is 6.10. The van der Waals surface area contributed by atoms with Crippen LogP contribution in [0.5, 0.6) is 0 Å². The molecule has 1 N–H and O–H groups in total. The van der Waals surface area contributed by atoms with Gasteiger partial charge in [0.15, 0.2) is 0 Å². The summed E-state index contributed by atoms with van der Waals surface area (Å²) < 4.78 is 28.7. The minimum absolute atomic E-state index is 0.0607. The van der Waals surface area contributed by atoms with Crippen LogP contribution in [-0.4, -0.2) is 41.5 Å². The summed E-state index contributed by atoms with van der Waals surface area (Å²) in [4.78, 5) is 12.5. The van der Waals surface area contributed by atoms with Crippen molar-refractivity contribution in [1.29, 1.82) is 0 Å². The van der Waals surface area contributed by atoms with Crippen LogP contribution in [0, 0.1) is 13.8 Å². The second-order valence-corrected chi connectivity index (χ2v) is 9.35. The number of nitrogens with zero attached hydrogens (tertiary/aromatic N) is 3. The summed E-state index contributed by atoms with van der Waals surface area (Å²) in [5.41, 5.74) is 2.16. The lowest BCUT2D eigenvalue weighted by atomic mass is 10.2. The Labute approximate surface area is 170 Å². The van der Waals surface area contributed by atoms with Crippen molar-refractivity contribution in [2.75, 3.05) is 13.1 Å². The highest BCUT2D eigenvalue weighted by Gasteiger charge is 2.26. The van der Waals surface area contributed by atoms with Crippen molar-refractivity contribution in [3.05, 3.63) is 46.2 Å². The normalized spacial score (nSPS) is 15.5. The molecule has 0 unspecified atom stereocenters.